The highest BCUT2D eigenvalue weighted by molar-refractivity contribution is 6.09. The third kappa shape index (κ3) is 16.5. The summed E-state index contributed by atoms with van der Waals surface area (Å²) in [4.78, 5) is 55.1. The smallest absolute Gasteiger partial charge is 0.416 e. The van der Waals surface area contributed by atoms with Gasteiger partial charge >= 0.3 is 12.1 Å². The molecule has 9 heterocycles. The average molecular weight is 1560 g/mol. The van der Waals surface area contributed by atoms with Gasteiger partial charge in [-0.05, 0) is 190 Å². The second kappa shape index (κ2) is 31.0. The number of hydrogen-bond acceptors (Lipinski definition) is 11. The molecule has 0 spiro atoms. The van der Waals surface area contributed by atoms with Crippen molar-refractivity contribution in [2.24, 2.45) is 0 Å². The van der Waals surface area contributed by atoms with E-state index in [1.807, 2.05) is 201 Å². The molecule has 17 rings (SSSR count). The number of carbonyl (C=O) groups excluding carboxylic acids is 1. The van der Waals surface area contributed by atoms with Gasteiger partial charge in [0.25, 0.3) is 0 Å². The van der Waals surface area contributed by atoms with Gasteiger partial charge in [-0.3, -0.25) is 9.59 Å². The Hall–Kier alpha value is -13.5. The number of benzene rings is 8. The van der Waals surface area contributed by atoms with Gasteiger partial charge in [-0.15, -0.1) is 0 Å². The number of carbonyl (C=O) groups is 2. The topological polar surface area (TPSA) is 247 Å². The van der Waals surface area contributed by atoms with Crippen LogP contribution in [0.25, 0.3) is 156 Å². The Labute approximate surface area is 675 Å². The number of alkyl halides is 3. The van der Waals surface area contributed by atoms with E-state index in [4.69, 9.17) is 30.0 Å². The van der Waals surface area contributed by atoms with Crippen molar-refractivity contribution < 1.29 is 48.3 Å². The second-order valence-corrected chi connectivity index (χ2v) is 33.8. The van der Waals surface area contributed by atoms with Gasteiger partial charge in [0, 0.05) is 118 Å². The molecule has 12 bridgehead atoms. The van der Waals surface area contributed by atoms with E-state index in [0.29, 0.717) is 99.7 Å². The second-order valence-electron chi connectivity index (χ2n) is 33.8. The number of nitrogens with one attached hydrogen (secondary N) is 3. The molecule has 8 aromatic carbocycles. The van der Waals surface area contributed by atoms with E-state index in [1.165, 1.54) is 17.7 Å². The quantitative estimate of drug-likeness (QED) is 0.0548. The highest BCUT2D eigenvalue weighted by atomic mass is 19.4. The summed E-state index contributed by atoms with van der Waals surface area (Å²) in [6, 6.07) is 63.7. The van der Waals surface area contributed by atoms with Crippen molar-refractivity contribution in [3.05, 3.63) is 269 Å². The normalized spacial score (nSPS) is 12.2. The number of carboxylic acids is 1. The molecule has 0 unspecified atom stereocenters. The molecule has 117 heavy (non-hydrogen) atoms. The van der Waals surface area contributed by atoms with Gasteiger partial charge in [0.2, 0.25) is 0 Å². The summed E-state index contributed by atoms with van der Waals surface area (Å²) in [7, 11) is 0. The molecule has 0 atom stereocenters. The fourth-order valence-electron chi connectivity index (χ4n) is 14.3. The first kappa shape index (κ1) is 80.1. The molecular formula is C99H91F3N8O7. The summed E-state index contributed by atoms with van der Waals surface area (Å²) in [5, 5.41) is 60.9. The van der Waals surface area contributed by atoms with Crippen LogP contribution in [0.5, 0.6) is 23.0 Å². The van der Waals surface area contributed by atoms with Crippen molar-refractivity contribution in [1.29, 1.82) is 0 Å². The number of halogens is 3. The molecule has 0 saturated heterocycles. The summed E-state index contributed by atoms with van der Waals surface area (Å²) >= 11 is 0. The zero-order chi connectivity index (χ0) is 83.5. The van der Waals surface area contributed by atoms with E-state index < -0.39 is 17.7 Å². The van der Waals surface area contributed by atoms with Crippen LogP contribution in [-0.2, 0) is 32.6 Å². The Morgan fingerprint density at radius 3 is 1.21 bits per heavy atom. The minimum atomic E-state index is -4.51. The predicted octanol–water partition coefficient (Wildman–Crippen LogP) is 25.4. The maximum Gasteiger partial charge on any atom is 0.416 e. The lowest BCUT2D eigenvalue weighted by molar-refractivity contribution is -0.138. The van der Waals surface area contributed by atoms with Gasteiger partial charge in [0.15, 0.2) is 0 Å². The minimum Gasteiger partial charge on any atom is -0.507 e. The summed E-state index contributed by atoms with van der Waals surface area (Å²) in [6.45, 7) is 29.2. The highest BCUT2D eigenvalue weighted by Crippen LogP contribution is 2.47. The molecule has 0 amide bonds. The fourth-order valence-corrected chi connectivity index (χ4v) is 14.3. The summed E-state index contributed by atoms with van der Waals surface area (Å²) in [6.07, 6.45) is 3.90. The Balaban J connectivity index is 0.000000168. The number of rotatable bonds is 7. The third-order valence-electron chi connectivity index (χ3n) is 21.3. The van der Waals surface area contributed by atoms with Crippen molar-refractivity contribution in [3.8, 4) is 79.2 Å². The lowest BCUT2D eigenvalue weighted by Crippen LogP contribution is -2.11. The first-order valence-electron chi connectivity index (χ1n) is 38.7. The van der Waals surface area contributed by atoms with Gasteiger partial charge < -0.3 is 40.5 Å². The molecule has 1 aliphatic heterocycles. The van der Waals surface area contributed by atoms with Crippen LogP contribution in [0.2, 0.25) is 0 Å². The van der Waals surface area contributed by atoms with E-state index in [0.717, 1.165) is 101 Å². The monoisotopic (exact) mass is 1560 g/mol. The third-order valence-corrected chi connectivity index (χ3v) is 21.3. The fraction of sp³-hybridized carbons (Fsp3) is 0.202. The number of aldehydes is 1. The minimum absolute atomic E-state index is 0.000186. The molecule has 0 aliphatic carbocycles. The van der Waals surface area contributed by atoms with Crippen LogP contribution in [0.4, 0.5) is 13.2 Å². The number of carboxylic acid groups (broad SMARTS) is 1. The first-order valence-corrected chi connectivity index (χ1v) is 38.7. The number of fused-ring (bicyclic) bond motifs is 17. The SMILES string of the molecule is CC(C)(C)c1cc(-c2ccc3ccc4ccc(-c5cc(C(C)(C)C)cc(-c6ccc[nH]6)c5O)nc4c3n2)c(O)c(-c2ccc[nH]2)c1.CC(C)(C)c1cc2c3nc(c(-c4ccc(C(F)(F)F)cc4)c4ccc([nH]4)c4cc(C(C)(C)C)cc(c4O)c4ccc5ccc6ccc(nc6c5n4)c(c1)c2O)C=C3.CCC(=O)O.Cc1ccc(C=O)cc1. The number of aromatic hydroxyl groups is 4. The van der Waals surface area contributed by atoms with E-state index in [2.05, 4.69) is 110 Å². The zero-order valence-electron chi connectivity index (χ0n) is 67.6. The zero-order valence-corrected chi connectivity index (χ0v) is 67.6. The first-order chi connectivity index (χ1) is 55.4. The molecule has 16 aromatic rings. The molecule has 8 N–H and O–H groups in total. The molecule has 8 aromatic heterocycles. The molecule has 15 nitrogen and oxygen atoms in total. The Morgan fingerprint density at radius 1 is 0.410 bits per heavy atom. The standard InChI is InChI=1S/C48H39F3N4O2.C40H38N4O2.C8H8O.C3H6O2/c1-46(2,3)29-21-31-35-17-19-39(52-35)41(25-9-13-28(14-10-25)48(49,50)51)40-20-18-36(53-40)32-22-30(47(4,5)6)24-34(45(32)57)38-16-12-27-8-7-26-11-15-37(33(23-29)44(31)56)54-42(26)43(27)55-38;1-39(2,3)25-19-27(31-9-7-17-41-31)37(45)29(21-25)33-15-13-23-11-12-24-14-16-34(44-36(24)35(23)43-33)30-22-26(40(4,5)6)20-28(38(30)46)32-10-8-18-42-32;1-7-2-4-8(6-9)5-3-7;1-2-3(4)5/h7-24,52,56-57H,1-6H3;7-22,41-42,45-46H,1-6H3;2-6H,1H3;2H2,1H3,(H,4,5). The van der Waals surface area contributed by atoms with Gasteiger partial charge in [0.1, 0.15) is 29.3 Å². The number of aliphatic carboxylic acids is 1. The number of phenolic OH excluding ortho intramolecular Hbond substituents is 4. The van der Waals surface area contributed by atoms with Crippen molar-refractivity contribution in [2.45, 2.75) is 131 Å². The molecule has 0 radical (unpaired) electrons. The average Bonchev–Trinajstić information content (AvgIpc) is 0.967. The number of nitrogens with zero attached hydrogens (tertiary/aromatic N) is 5. The number of aryl methyl sites for hydroxylation is 1. The van der Waals surface area contributed by atoms with E-state index in [-0.39, 0.29) is 51.1 Å². The van der Waals surface area contributed by atoms with Crippen molar-refractivity contribution >= 4 is 112 Å². The molecule has 1 aliphatic rings. The van der Waals surface area contributed by atoms with E-state index in [1.54, 1.807) is 6.92 Å². The van der Waals surface area contributed by atoms with Crippen LogP contribution < -0.4 is 0 Å². The van der Waals surface area contributed by atoms with Crippen LogP contribution in [0, 0.1) is 6.92 Å². The Bertz CT molecular complexity index is 6580. The molecule has 590 valence electrons. The van der Waals surface area contributed by atoms with Crippen LogP contribution in [-0.4, -0.2) is 77.7 Å². The molecule has 0 saturated carbocycles. The summed E-state index contributed by atoms with van der Waals surface area (Å²) in [5.41, 5.74) is 17.2. The Kier molecular flexibility index (Phi) is 21.3. The van der Waals surface area contributed by atoms with Gasteiger partial charge in [0.05, 0.1) is 61.4 Å². The van der Waals surface area contributed by atoms with Crippen LogP contribution in [0.1, 0.15) is 152 Å². The lowest BCUT2D eigenvalue weighted by Gasteiger charge is -2.22. The number of pyridine rings is 4. The van der Waals surface area contributed by atoms with Gasteiger partial charge in [-0.25, -0.2) is 24.9 Å². The predicted molar refractivity (Wildman–Crippen MR) is 468 cm³/mol. The lowest BCUT2D eigenvalue weighted by atomic mass is 9.83. The van der Waals surface area contributed by atoms with E-state index >= 15 is 0 Å². The highest BCUT2D eigenvalue weighted by Gasteiger charge is 2.31. The maximum atomic E-state index is 13.7. The van der Waals surface area contributed by atoms with Crippen LogP contribution in [0.15, 0.2) is 219 Å². The molecule has 18 heteroatoms. The van der Waals surface area contributed by atoms with Gasteiger partial charge in [-0.1, -0.05) is 181 Å². The van der Waals surface area contributed by atoms with E-state index in [9.17, 15) is 43.2 Å². The van der Waals surface area contributed by atoms with Crippen molar-refractivity contribution in [3.63, 3.8) is 0 Å². The number of hydrogen-bond donors (Lipinski definition) is 8. The van der Waals surface area contributed by atoms with Crippen molar-refractivity contribution in [1.82, 2.24) is 39.9 Å². The van der Waals surface area contributed by atoms with Crippen LogP contribution in [0.3, 0.4) is 0 Å². The molecular weight excluding hydrogens is 1470 g/mol. The maximum absolute atomic E-state index is 13.7. The Morgan fingerprint density at radius 2 is 0.795 bits per heavy atom. The number of H-pyrrole nitrogens is 3. The summed E-state index contributed by atoms with van der Waals surface area (Å²) < 4.78 is 41.2. The van der Waals surface area contributed by atoms with Gasteiger partial charge in [-0.2, -0.15) is 13.2 Å². The van der Waals surface area contributed by atoms with Crippen LogP contribution >= 0.6 is 0 Å². The molecule has 0 fully saturated rings. The number of aromatic nitrogens is 8. The number of aromatic amines is 3. The van der Waals surface area contributed by atoms with Crippen molar-refractivity contribution in [2.75, 3.05) is 0 Å². The largest absolute Gasteiger partial charge is 0.507 e. The summed E-state index contributed by atoms with van der Waals surface area (Å²) in [5.74, 6) is -0.366. The number of phenols is 4.